The third kappa shape index (κ3) is 9.26. The predicted octanol–water partition coefficient (Wildman–Crippen LogP) is 1.64. The molecule has 0 unspecified atom stereocenters. The van der Waals surface area contributed by atoms with Gasteiger partial charge in [0.2, 0.25) is 0 Å². The van der Waals surface area contributed by atoms with Crippen LogP contribution in [0.4, 0.5) is 0 Å². The van der Waals surface area contributed by atoms with E-state index in [0.717, 1.165) is 5.56 Å². The Morgan fingerprint density at radius 2 is 1.75 bits per heavy atom. The predicted molar refractivity (Wildman–Crippen MR) is 74.1 cm³/mol. The van der Waals surface area contributed by atoms with Crippen LogP contribution in [0.3, 0.4) is 0 Å². The molecule has 20 heavy (non-hydrogen) atoms. The van der Waals surface area contributed by atoms with E-state index in [1.807, 2.05) is 6.92 Å². The van der Waals surface area contributed by atoms with Crippen molar-refractivity contribution in [2.45, 2.75) is 24.7 Å². The number of aliphatic hydroxyl groups excluding tert-OH is 1. The maximum atomic E-state index is 10.5. The summed E-state index contributed by atoms with van der Waals surface area (Å²) in [6, 6.07) is 5.99. The van der Waals surface area contributed by atoms with Gasteiger partial charge in [0.1, 0.15) is 0 Å². The standard InChI is InChI=1S/C7H8O3S.C6H10O3/c1-6-2-4-7(5-3-6)11(8,9)10;7-5-3-1-2-4-6(8)9/h2-5H,1H3,(H,8,9,10);1-2,7H,3-5H2,(H,8,9). The van der Waals surface area contributed by atoms with Crippen molar-refractivity contribution in [1.82, 2.24) is 0 Å². The minimum atomic E-state index is -4.02. The first kappa shape index (κ1) is 18.3. The second kappa shape index (κ2) is 9.24. The zero-order chi connectivity index (χ0) is 15.6. The quantitative estimate of drug-likeness (QED) is 0.563. The van der Waals surface area contributed by atoms with Gasteiger partial charge in [0.15, 0.2) is 0 Å². The highest BCUT2D eigenvalue weighted by molar-refractivity contribution is 7.85. The lowest BCUT2D eigenvalue weighted by Crippen LogP contribution is -1.96. The van der Waals surface area contributed by atoms with Crippen LogP contribution in [0, 0.1) is 6.92 Å². The number of carboxylic acids is 1. The summed E-state index contributed by atoms with van der Waals surface area (Å²) in [5, 5.41) is 16.3. The number of aryl methyl sites for hydroxylation is 1. The van der Waals surface area contributed by atoms with E-state index in [4.69, 9.17) is 14.8 Å². The molecule has 0 bridgehead atoms. The van der Waals surface area contributed by atoms with Crippen LogP contribution in [0.2, 0.25) is 0 Å². The van der Waals surface area contributed by atoms with Crippen molar-refractivity contribution in [3.63, 3.8) is 0 Å². The molecule has 0 aliphatic heterocycles. The molecule has 1 rings (SSSR count). The molecule has 0 amide bonds. The van der Waals surface area contributed by atoms with E-state index in [0.29, 0.717) is 6.42 Å². The highest BCUT2D eigenvalue weighted by Gasteiger charge is 2.06. The average Bonchev–Trinajstić information content (AvgIpc) is 2.35. The van der Waals surface area contributed by atoms with Crippen LogP contribution in [0.5, 0.6) is 0 Å². The number of aliphatic hydroxyl groups is 1. The van der Waals surface area contributed by atoms with Gasteiger partial charge in [0, 0.05) is 6.61 Å². The molecule has 6 nitrogen and oxygen atoms in total. The van der Waals surface area contributed by atoms with Crippen LogP contribution >= 0.6 is 0 Å². The topological polar surface area (TPSA) is 112 Å². The van der Waals surface area contributed by atoms with Crippen molar-refractivity contribution in [2.24, 2.45) is 0 Å². The first-order chi connectivity index (χ1) is 9.27. The fraction of sp³-hybridized carbons (Fsp3) is 0.308. The Bertz CT molecular complexity index is 530. The third-order valence-corrected chi connectivity index (χ3v) is 2.94. The van der Waals surface area contributed by atoms with Crippen molar-refractivity contribution in [3.05, 3.63) is 42.0 Å². The van der Waals surface area contributed by atoms with Gasteiger partial charge in [-0.15, -0.1) is 0 Å². The van der Waals surface area contributed by atoms with E-state index in [2.05, 4.69) is 0 Å². The number of hydrogen-bond donors (Lipinski definition) is 3. The second-order valence-electron chi connectivity index (χ2n) is 3.87. The lowest BCUT2D eigenvalue weighted by Gasteiger charge is -1.95. The van der Waals surface area contributed by atoms with Crippen molar-refractivity contribution in [2.75, 3.05) is 6.61 Å². The van der Waals surface area contributed by atoms with Gasteiger partial charge in [0.05, 0.1) is 11.3 Å². The van der Waals surface area contributed by atoms with E-state index in [1.165, 1.54) is 18.2 Å². The minimum Gasteiger partial charge on any atom is -0.481 e. The fourth-order valence-electron chi connectivity index (χ4n) is 1.09. The monoisotopic (exact) mass is 302 g/mol. The Kier molecular flexibility index (Phi) is 8.46. The van der Waals surface area contributed by atoms with Crippen LogP contribution in [0.15, 0.2) is 41.3 Å². The van der Waals surface area contributed by atoms with Gasteiger partial charge < -0.3 is 10.2 Å². The minimum absolute atomic E-state index is 0.0417. The van der Waals surface area contributed by atoms with E-state index in [9.17, 15) is 13.2 Å². The summed E-state index contributed by atoms with van der Waals surface area (Å²) in [4.78, 5) is 9.78. The Hall–Kier alpha value is -1.70. The number of rotatable bonds is 5. The number of hydrogen-bond acceptors (Lipinski definition) is 4. The molecule has 112 valence electrons. The molecule has 0 atom stereocenters. The van der Waals surface area contributed by atoms with Crippen molar-refractivity contribution >= 4 is 16.1 Å². The molecule has 0 saturated heterocycles. The van der Waals surface area contributed by atoms with E-state index in [-0.39, 0.29) is 17.9 Å². The molecule has 0 spiro atoms. The van der Waals surface area contributed by atoms with Gasteiger partial charge in [-0.25, -0.2) is 0 Å². The number of benzene rings is 1. The summed E-state index contributed by atoms with van der Waals surface area (Å²) < 4.78 is 29.6. The van der Waals surface area contributed by atoms with Crippen molar-refractivity contribution in [3.8, 4) is 0 Å². The van der Waals surface area contributed by atoms with Gasteiger partial charge in [-0.2, -0.15) is 8.42 Å². The first-order valence-electron chi connectivity index (χ1n) is 5.79. The lowest BCUT2D eigenvalue weighted by atomic mass is 10.2. The molecule has 7 heteroatoms. The average molecular weight is 302 g/mol. The largest absolute Gasteiger partial charge is 0.481 e. The summed E-state index contributed by atoms with van der Waals surface area (Å²) in [7, 11) is -4.02. The molecular weight excluding hydrogens is 284 g/mol. The Morgan fingerprint density at radius 3 is 2.15 bits per heavy atom. The Balaban J connectivity index is 0.000000370. The zero-order valence-electron chi connectivity index (χ0n) is 11.1. The van der Waals surface area contributed by atoms with E-state index in [1.54, 1.807) is 18.2 Å². The molecule has 0 fully saturated rings. The molecule has 3 N–H and O–H groups in total. The Labute approximate surface area is 118 Å². The Morgan fingerprint density at radius 1 is 1.20 bits per heavy atom. The van der Waals surface area contributed by atoms with Crippen molar-refractivity contribution in [1.29, 1.82) is 0 Å². The van der Waals surface area contributed by atoms with Crippen molar-refractivity contribution < 1.29 is 28.0 Å². The zero-order valence-corrected chi connectivity index (χ0v) is 11.9. The highest BCUT2D eigenvalue weighted by Crippen LogP contribution is 2.08. The summed E-state index contributed by atoms with van der Waals surface area (Å²) in [5.74, 6) is -0.843. The fourth-order valence-corrected chi connectivity index (χ4v) is 1.57. The molecule has 1 aromatic rings. The summed E-state index contributed by atoms with van der Waals surface area (Å²) in [6.07, 6.45) is 3.75. The van der Waals surface area contributed by atoms with Crippen LogP contribution < -0.4 is 0 Å². The summed E-state index contributed by atoms with van der Waals surface area (Å²) >= 11 is 0. The molecule has 0 aliphatic carbocycles. The molecular formula is C13H18O6S. The smallest absolute Gasteiger partial charge is 0.307 e. The van der Waals surface area contributed by atoms with Gasteiger partial charge >= 0.3 is 5.97 Å². The van der Waals surface area contributed by atoms with Gasteiger partial charge in [-0.1, -0.05) is 29.8 Å². The van der Waals surface area contributed by atoms with Gasteiger partial charge in [-0.3, -0.25) is 9.35 Å². The van der Waals surface area contributed by atoms with Crippen LogP contribution in [0.25, 0.3) is 0 Å². The summed E-state index contributed by atoms with van der Waals surface area (Å²) in [6.45, 7) is 1.92. The molecule has 1 aromatic carbocycles. The van der Waals surface area contributed by atoms with Crippen LogP contribution in [-0.4, -0.2) is 35.8 Å². The normalized spacial score (nSPS) is 10.9. The third-order valence-electron chi connectivity index (χ3n) is 2.07. The van der Waals surface area contributed by atoms with Crippen LogP contribution in [0.1, 0.15) is 18.4 Å². The first-order valence-corrected chi connectivity index (χ1v) is 7.23. The number of carbonyl (C=O) groups is 1. The molecule has 0 aliphatic rings. The van der Waals surface area contributed by atoms with E-state index < -0.39 is 16.1 Å². The molecule has 0 heterocycles. The second-order valence-corrected chi connectivity index (χ2v) is 5.29. The number of aliphatic carboxylic acids is 1. The molecule has 0 saturated carbocycles. The molecule has 0 aromatic heterocycles. The number of carboxylic acid groups (broad SMARTS) is 1. The van der Waals surface area contributed by atoms with Gasteiger partial charge in [0.25, 0.3) is 10.1 Å². The van der Waals surface area contributed by atoms with Crippen LogP contribution in [-0.2, 0) is 14.9 Å². The maximum Gasteiger partial charge on any atom is 0.307 e. The molecule has 0 radical (unpaired) electrons. The highest BCUT2D eigenvalue weighted by atomic mass is 32.2. The SMILES string of the molecule is Cc1ccc(S(=O)(=O)O)cc1.O=C(O)CC=CCCO. The van der Waals surface area contributed by atoms with Gasteiger partial charge in [-0.05, 0) is 25.5 Å². The van der Waals surface area contributed by atoms with E-state index >= 15 is 0 Å². The summed E-state index contributed by atoms with van der Waals surface area (Å²) in [5.41, 5.74) is 0.956. The lowest BCUT2D eigenvalue weighted by molar-refractivity contribution is -0.136. The maximum absolute atomic E-state index is 10.5.